The normalized spacial score (nSPS) is 22.8. The van der Waals surface area contributed by atoms with Crippen LogP contribution in [-0.4, -0.2) is 133 Å². The van der Waals surface area contributed by atoms with Crippen molar-refractivity contribution >= 4 is 68.8 Å². The summed E-state index contributed by atoms with van der Waals surface area (Å²) in [6.45, 7) is 13.8. The van der Waals surface area contributed by atoms with Crippen LogP contribution in [0, 0.1) is 17.7 Å². The maximum Gasteiger partial charge on any atom is 0.407 e. The number of likely N-dealkylation sites (tertiary alicyclic amines) is 2. The fourth-order valence-corrected chi connectivity index (χ4v) is 13.3. The Morgan fingerprint density at radius 3 is 2.36 bits per heavy atom. The Kier molecular flexibility index (Phi) is 14.8. The molecule has 10 rings (SSSR count). The van der Waals surface area contributed by atoms with E-state index < -0.39 is 41.9 Å². The lowest BCUT2D eigenvalue weighted by Crippen LogP contribution is -2.56. The highest BCUT2D eigenvalue weighted by Crippen LogP contribution is 2.48. The zero-order chi connectivity index (χ0) is 53.8. The number of ether oxygens (including phenoxy) is 5. The highest BCUT2D eigenvalue weighted by molar-refractivity contribution is 7.12. The summed E-state index contributed by atoms with van der Waals surface area (Å²) in [5, 5.41) is 6.51. The first-order chi connectivity index (χ1) is 36.3. The van der Waals surface area contributed by atoms with Gasteiger partial charge in [0.2, 0.25) is 18.0 Å². The van der Waals surface area contributed by atoms with Crippen LogP contribution in [0.25, 0.3) is 33.3 Å². The van der Waals surface area contributed by atoms with Crippen molar-refractivity contribution in [2.24, 2.45) is 21.8 Å². The molecule has 2 N–H and O–H groups in total. The number of alkyl carbamates (subject to hydrolysis) is 2. The maximum absolute atomic E-state index is 17.1. The number of hydrogen-bond acceptors (Lipinski definition) is 12. The molecule has 0 spiro atoms. The molecule has 2 aromatic carbocycles. The Balaban J connectivity index is 0.931. The topological polar surface area (TPSA) is 175 Å². The van der Waals surface area contributed by atoms with Crippen molar-refractivity contribution in [1.82, 2.24) is 25.0 Å². The van der Waals surface area contributed by atoms with Crippen LogP contribution in [0.5, 0.6) is 5.75 Å². The zero-order valence-corrected chi connectivity index (χ0v) is 45.8. The van der Waals surface area contributed by atoms with Crippen LogP contribution < -0.4 is 15.4 Å². The third kappa shape index (κ3) is 10.4. The number of carbonyl (C=O) groups excluding carboxylic acids is 4. The third-order valence-electron chi connectivity index (χ3n) is 16.1. The molecule has 4 aromatic rings. The van der Waals surface area contributed by atoms with E-state index in [9.17, 15) is 19.2 Å². The number of amides is 4. The number of hydrogen-bond donors (Lipinski definition) is 2. The molecule has 404 valence electrons. The van der Waals surface area contributed by atoms with Gasteiger partial charge in [-0.05, 0) is 149 Å². The molecule has 3 unspecified atom stereocenters. The lowest BCUT2D eigenvalue weighted by Gasteiger charge is -2.40. The number of methoxy groups -OCH3 is 3. The van der Waals surface area contributed by atoms with Gasteiger partial charge in [0, 0.05) is 61.8 Å². The van der Waals surface area contributed by atoms with Crippen LogP contribution in [0.3, 0.4) is 0 Å². The van der Waals surface area contributed by atoms with Gasteiger partial charge in [-0.2, -0.15) is 0 Å². The molecule has 16 nitrogen and oxygen atoms in total. The molecule has 0 saturated carbocycles. The maximum atomic E-state index is 17.1. The highest BCUT2D eigenvalue weighted by atomic mass is 32.1. The number of rotatable bonds is 14. The summed E-state index contributed by atoms with van der Waals surface area (Å²) in [6.07, 6.45) is 7.58. The van der Waals surface area contributed by atoms with Crippen molar-refractivity contribution in [3.63, 3.8) is 0 Å². The van der Waals surface area contributed by atoms with Gasteiger partial charge in [0.05, 0.1) is 71.4 Å². The second-order valence-electron chi connectivity index (χ2n) is 22.5. The molecule has 6 aliphatic heterocycles. The van der Waals surface area contributed by atoms with Gasteiger partial charge in [-0.1, -0.05) is 19.9 Å². The first-order valence-electron chi connectivity index (χ1n) is 26.6. The van der Waals surface area contributed by atoms with Crippen molar-refractivity contribution in [2.75, 3.05) is 47.6 Å². The number of thiophene rings is 1. The van der Waals surface area contributed by atoms with Crippen LogP contribution in [0.2, 0.25) is 0 Å². The predicted octanol–water partition coefficient (Wildman–Crippen LogP) is 9.73. The average Bonchev–Trinajstić information content (AvgIpc) is 4.27. The monoisotopic (exact) mass is 1060 g/mol. The minimum Gasteiger partial charge on any atom is -0.464 e. The molecule has 6 atom stereocenters. The van der Waals surface area contributed by atoms with Gasteiger partial charge < -0.3 is 44.1 Å². The fraction of sp³-hybridized carbons (Fsp3) is 0.517. The van der Waals surface area contributed by atoms with Crippen molar-refractivity contribution in [3.8, 4) is 17.0 Å². The summed E-state index contributed by atoms with van der Waals surface area (Å²) in [5.74, 6) is -0.603. The van der Waals surface area contributed by atoms with Gasteiger partial charge in [0.1, 0.15) is 23.7 Å². The van der Waals surface area contributed by atoms with E-state index in [0.29, 0.717) is 74.5 Å². The highest BCUT2D eigenvalue weighted by Gasteiger charge is 2.44. The molecule has 6 aliphatic rings. The number of aliphatic imine (C=N–C) groups is 2. The molecule has 76 heavy (non-hydrogen) atoms. The smallest absolute Gasteiger partial charge is 0.407 e. The Labute approximate surface area is 447 Å². The largest absolute Gasteiger partial charge is 0.464 e. The number of nitrogens with one attached hydrogen (secondary N) is 2. The number of carbonyl (C=O) groups is 4. The van der Waals surface area contributed by atoms with Gasteiger partial charge in [-0.15, -0.1) is 11.3 Å². The van der Waals surface area contributed by atoms with Crippen molar-refractivity contribution in [2.45, 2.75) is 135 Å². The summed E-state index contributed by atoms with van der Waals surface area (Å²) in [7, 11) is 4.31. The Morgan fingerprint density at radius 2 is 1.63 bits per heavy atom. The Morgan fingerprint density at radius 1 is 0.895 bits per heavy atom. The molecule has 4 amide bonds. The average molecular weight is 1060 g/mol. The third-order valence-corrected chi connectivity index (χ3v) is 17.2. The van der Waals surface area contributed by atoms with Gasteiger partial charge >= 0.3 is 12.2 Å². The van der Waals surface area contributed by atoms with Crippen LogP contribution in [0.1, 0.15) is 114 Å². The molecule has 2 aromatic heterocycles. The molecule has 0 bridgehead atoms. The number of benzene rings is 2. The van der Waals surface area contributed by atoms with Gasteiger partial charge in [-0.25, -0.2) is 14.0 Å². The van der Waals surface area contributed by atoms with E-state index in [4.69, 9.17) is 33.7 Å². The second-order valence-corrected chi connectivity index (χ2v) is 23.7. The molecule has 0 radical (unpaired) electrons. The first kappa shape index (κ1) is 53.0. The van der Waals surface area contributed by atoms with E-state index in [0.717, 1.165) is 74.5 Å². The Hall–Kier alpha value is -6.37. The summed E-state index contributed by atoms with van der Waals surface area (Å²) in [4.78, 5) is 68.9. The van der Waals surface area contributed by atoms with E-state index in [1.807, 2.05) is 57.0 Å². The zero-order valence-electron chi connectivity index (χ0n) is 45.0. The van der Waals surface area contributed by atoms with Gasteiger partial charge in [0.15, 0.2) is 0 Å². The standard InChI is InChI=1S/C58H70FN7O9S/c1-32(2)50(62-55(69)71-7)52(67)64-19-10-12-44(64)42-25-38(31-61-42)35-23-40(59)49-46-26-36-22-33(14-16-43(36)66(46)54(75-47(49)27-35)48-17-15-39(76-48)29-57(3,4)73-9)37-24-41(60-30-37)45-13-11-20-65(45)53(68)51(63-56(70)72-8)34-18-21-74-58(5,6)28-34/h14-17,22-23,25-27,30,32,34,44-45,50-51,54H,10-13,18-21,24,28-29,31H2,1-9H3,(H,62,69)(H,63,70)/t34?,44-,45-,50-,51?,54?/m0/s1. The molecular weight excluding hydrogens is 990 g/mol. The fourth-order valence-electron chi connectivity index (χ4n) is 12.0. The Bertz CT molecular complexity index is 3080. The van der Waals surface area contributed by atoms with E-state index in [1.54, 1.807) is 29.4 Å². The molecule has 3 fully saturated rings. The minimum atomic E-state index is -0.756. The number of fused-ring (bicyclic) bond motifs is 5. The number of nitrogens with zero attached hydrogens (tertiary/aromatic N) is 5. The van der Waals surface area contributed by atoms with Gasteiger partial charge in [-0.3, -0.25) is 24.1 Å². The SMILES string of the molecule is COC(=O)NC(C(=O)N1CCC[C@H]1C1=NC=C(c2ccc3c(c2)cc2n3C(c3ccc(CC(C)(C)OC)s3)Oc3cc(C4=CC([C@@H]5CCCN5C(=O)[C@@H](NC(=O)OC)C(C)C)=NC4)cc(F)c3-2)C1)C1CCOC(C)(C)C1. The summed E-state index contributed by atoms with van der Waals surface area (Å²) in [6, 6.07) is 14.0. The second kappa shape index (κ2) is 21.2. The lowest BCUT2D eigenvalue weighted by atomic mass is 9.82. The molecule has 8 heterocycles. The quantitative estimate of drug-likeness (QED) is 0.125. The van der Waals surface area contributed by atoms with E-state index in [1.165, 1.54) is 14.2 Å². The lowest BCUT2D eigenvalue weighted by molar-refractivity contribution is -0.138. The molecule has 18 heteroatoms. The van der Waals surface area contributed by atoms with Crippen molar-refractivity contribution in [3.05, 3.63) is 87.5 Å². The van der Waals surface area contributed by atoms with E-state index in [2.05, 4.69) is 59.4 Å². The van der Waals surface area contributed by atoms with Crippen LogP contribution in [0.4, 0.5) is 14.0 Å². The van der Waals surface area contributed by atoms with Crippen LogP contribution in [-0.2, 0) is 35.0 Å². The van der Waals surface area contributed by atoms with Crippen molar-refractivity contribution < 1.29 is 47.3 Å². The number of aromatic nitrogens is 1. The summed E-state index contributed by atoms with van der Waals surface area (Å²) >= 11 is 1.65. The number of allylic oxidation sites excluding steroid dienone is 1. The van der Waals surface area contributed by atoms with Gasteiger partial charge in [0.25, 0.3) is 0 Å². The first-order valence-corrected chi connectivity index (χ1v) is 27.4. The number of halogens is 1. The molecular formula is C58H70FN7O9S. The summed E-state index contributed by atoms with van der Waals surface area (Å²) < 4.78 is 47.8. The van der Waals surface area contributed by atoms with E-state index in [-0.39, 0.29) is 41.3 Å². The van der Waals surface area contributed by atoms with Crippen LogP contribution in [0.15, 0.2) is 70.8 Å². The van der Waals surface area contributed by atoms with Crippen molar-refractivity contribution in [1.29, 1.82) is 0 Å². The van der Waals surface area contributed by atoms with Crippen LogP contribution >= 0.6 is 11.3 Å². The predicted molar refractivity (Wildman–Crippen MR) is 291 cm³/mol. The van der Waals surface area contributed by atoms with E-state index >= 15 is 4.39 Å². The minimum absolute atomic E-state index is 0.114. The summed E-state index contributed by atoms with van der Waals surface area (Å²) in [5.41, 5.74) is 6.23. The molecule has 3 saturated heterocycles. The molecule has 0 aliphatic carbocycles.